The van der Waals surface area contributed by atoms with Crippen molar-refractivity contribution >= 4 is 80.3 Å². The zero-order chi connectivity index (χ0) is 29.1. The molecule has 1 fully saturated rings. The van der Waals surface area contributed by atoms with Crippen LogP contribution in [0.1, 0.15) is 11.4 Å². The minimum atomic E-state index is -1.26. The van der Waals surface area contributed by atoms with E-state index in [2.05, 4.69) is 25.8 Å². The van der Waals surface area contributed by atoms with Gasteiger partial charge in [0, 0.05) is 28.2 Å². The first-order valence-electron chi connectivity index (χ1n) is 11.8. The quantitative estimate of drug-likeness (QED) is 0.0633. The lowest BCUT2D eigenvalue weighted by atomic mass is 10.0. The second kappa shape index (κ2) is 11.9. The molecule has 0 radical (unpaired) electrons. The van der Waals surface area contributed by atoms with Crippen molar-refractivity contribution in [3.8, 4) is 0 Å². The molecule has 0 bridgehead atoms. The van der Waals surface area contributed by atoms with Crippen molar-refractivity contribution in [3.05, 3.63) is 57.9 Å². The number of carboxylic acid groups (broad SMARTS) is 1. The molecule has 7 N–H and O–H groups in total. The number of carbonyl (C=O) groups excluding carboxylic acids is 3. The van der Waals surface area contributed by atoms with Crippen molar-refractivity contribution in [3.63, 3.8) is 0 Å². The summed E-state index contributed by atoms with van der Waals surface area (Å²) < 4.78 is 1.71. The number of fused-ring (bicyclic) bond motifs is 1. The van der Waals surface area contributed by atoms with Crippen molar-refractivity contribution in [2.75, 3.05) is 22.5 Å². The van der Waals surface area contributed by atoms with E-state index in [-0.39, 0.29) is 35.4 Å². The average Bonchev–Trinajstić information content (AvgIpc) is 3.57. The van der Waals surface area contributed by atoms with E-state index in [9.17, 15) is 24.3 Å². The average molecular weight is 617 g/mol. The Hall–Kier alpha value is -4.55. The molecule has 41 heavy (non-hydrogen) atoms. The molecular weight excluding hydrogens is 595 g/mol. The number of thioether (sulfide) groups is 1. The molecule has 1 unspecified atom stereocenters. The van der Waals surface area contributed by atoms with E-state index >= 15 is 0 Å². The Morgan fingerprint density at radius 1 is 1.27 bits per heavy atom. The number of aromatic nitrogens is 3. The summed E-state index contributed by atoms with van der Waals surface area (Å²) >= 11 is 3.65. The Bertz CT molecular complexity index is 1590. The molecule has 2 atom stereocenters. The van der Waals surface area contributed by atoms with Gasteiger partial charge in [0.2, 0.25) is 6.41 Å². The molecule has 15 nitrogen and oxygen atoms in total. The van der Waals surface area contributed by atoms with Crippen LogP contribution in [0.5, 0.6) is 0 Å². The van der Waals surface area contributed by atoms with E-state index in [4.69, 9.17) is 16.3 Å². The lowest BCUT2D eigenvalue weighted by Crippen LogP contribution is -2.71. The summed E-state index contributed by atoms with van der Waals surface area (Å²) in [5, 5.41) is 22.2. The number of aliphatic carboxylic acids is 1. The van der Waals surface area contributed by atoms with Gasteiger partial charge in [0.25, 0.3) is 11.8 Å². The Labute approximate surface area is 243 Å². The van der Waals surface area contributed by atoms with Crippen molar-refractivity contribution < 1.29 is 33.7 Å². The first-order chi connectivity index (χ1) is 19.7. The third-order valence-electron chi connectivity index (χ3n) is 5.91. The molecule has 2 aliphatic heterocycles. The number of oxime groups is 1. The van der Waals surface area contributed by atoms with Crippen LogP contribution in [0.15, 0.2) is 51.7 Å². The summed E-state index contributed by atoms with van der Waals surface area (Å²) in [5.74, 6) is -2.29. The molecule has 2 aliphatic rings. The molecule has 0 aromatic carbocycles. The zero-order valence-corrected chi connectivity index (χ0v) is 23.4. The smallest absolute Gasteiger partial charge is 0.352 e. The van der Waals surface area contributed by atoms with E-state index < -0.39 is 29.2 Å². The molecule has 0 spiro atoms. The van der Waals surface area contributed by atoms with E-state index in [1.807, 2.05) is 0 Å². The van der Waals surface area contributed by atoms with Gasteiger partial charge in [0.1, 0.15) is 28.5 Å². The van der Waals surface area contributed by atoms with Crippen molar-refractivity contribution in [1.82, 2.24) is 20.2 Å². The lowest BCUT2D eigenvalue weighted by Gasteiger charge is -2.49. The number of nitrogen functional groups attached to an aromatic ring is 2. The van der Waals surface area contributed by atoms with Crippen LogP contribution in [0.3, 0.4) is 0 Å². The summed E-state index contributed by atoms with van der Waals surface area (Å²) in [4.78, 5) is 64.1. The van der Waals surface area contributed by atoms with Crippen LogP contribution in [-0.4, -0.2) is 67.0 Å². The van der Waals surface area contributed by atoms with Gasteiger partial charge in [-0.05, 0) is 6.07 Å². The summed E-state index contributed by atoms with van der Waals surface area (Å²) in [6.45, 7) is 0.126. The molecule has 3 aromatic rings. The predicted molar refractivity (Wildman–Crippen MR) is 150 cm³/mol. The Morgan fingerprint density at radius 3 is 2.73 bits per heavy atom. The van der Waals surface area contributed by atoms with Crippen LogP contribution in [-0.2, 0) is 37.2 Å². The third-order valence-corrected chi connectivity index (χ3v) is 8.65. The van der Waals surface area contributed by atoms with E-state index in [0.29, 0.717) is 34.2 Å². The predicted octanol–water partition coefficient (Wildman–Crippen LogP) is -0.0205. The Kier molecular flexibility index (Phi) is 8.13. The van der Waals surface area contributed by atoms with Crippen molar-refractivity contribution in [1.29, 1.82) is 0 Å². The van der Waals surface area contributed by atoms with E-state index in [0.717, 1.165) is 11.3 Å². The summed E-state index contributed by atoms with van der Waals surface area (Å²) in [5.41, 5.74) is 12.7. The van der Waals surface area contributed by atoms with Gasteiger partial charge in [-0.15, -0.1) is 34.4 Å². The van der Waals surface area contributed by atoms with Gasteiger partial charge in [0.15, 0.2) is 41.5 Å². The number of hydrogen-bond donors (Lipinski definition) is 5. The molecule has 3 aromatic heterocycles. The first kappa shape index (κ1) is 28.0. The first-order valence-corrected chi connectivity index (χ1v) is 14.6. The van der Waals surface area contributed by atoms with E-state index in [1.165, 1.54) is 33.4 Å². The molecule has 0 saturated carbocycles. The normalized spacial score (nSPS) is 18.4. The number of rotatable bonds is 11. The minimum absolute atomic E-state index is 0.0552. The molecule has 1 saturated heterocycles. The Morgan fingerprint density at radius 2 is 2.05 bits per heavy atom. The number of carboxylic acids is 1. The van der Waals surface area contributed by atoms with Crippen LogP contribution >= 0.6 is 34.4 Å². The second-order valence-corrected chi connectivity index (χ2v) is 11.5. The summed E-state index contributed by atoms with van der Waals surface area (Å²) in [6, 6.07) is 2.39. The summed E-state index contributed by atoms with van der Waals surface area (Å²) in [7, 11) is 0. The standard InChI is InChI=1S/C23H21N9O6S3/c24-22-27-13(8-40-22)6-38-30-15(14-9-41-23(25)28-14)18(34)29-16-19(35)32-17(21(36)37)11(7-39-20(16)32)4-31-3-1-2-12(5-31)26-10-33/h1-3,5,8-10,16,20H,4,6-7H2,(H6-,24,25,26,27,28,29,33,34,36,37)/p+1/b30-15-/t16?,20-/m1/s1. The number of nitrogens with zero attached hydrogens (tertiary/aromatic N) is 5. The molecule has 3 amide bonds. The molecular formula is C23H22N9O6S3+. The number of anilines is 3. The van der Waals surface area contributed by atoms with Gasteiger partial charge in [-0.25, -0.2) is 14.8 Å². The van der Waals surface area contributed by atoms with Crippen LogP contribution < -0.4 is 26.7 Å². The highest BCUT2D eigenvalue weighted by atomic mass is 32.2. The zero-order valence-electron chi connectivity index (χ0n) is 20.9. The van der Waals surface area contributed by atoms with Crippen LogP contribution in [0.25, 0.3) is 0 Å². The topological polar surface area (TPSA) is 219 Å². The molecule has 18 heteroatoms. The maximum atomic E-state index is 13.3. The van der Waals surface area contributed by atoms with Gasteiger partial charge in [-0.2, -0.15) is 4.57 Å². The molecule has 0 aliphatic carbocycles. The van der Waals surface area contributed by atoms with Crippen molar-refractivity contribution in [2.24, 2.45) is 5.16 Å². The number of thiazole rings is 2. The number of β-lactam (4-membered cyclic amide) rings is 1. The number of hydrogen-bond acceptors (Lipinski definition) is 13. The van der Waals surface area contributed by atoms with Gasteiger partial charge in [-0.3, -0.25) is 19.3 Å². The Balaban J connectivity index is 1.32. The fraction of sp³-hybridized carbons (Fsp3) is 0.217. The number of amides is 3. The monoisotopic (exact) mass is 616 g/mol. The SMILES string of the molecule is Nc1nc(CO/N=C(\C(=O)NC2C(=O)N3C(C(=O)O)=C(C[n+]4cccc(NC=O)c4)CS[C@H]23)c2csc(N)n2)cs1. The molecule has 5 heterocycles. The molecule has 212 valence electrons. The lowest BCUT2D eigenvalue weighted by molar-refractivity contribution is -0.688. The fourth-order valence-corrected chi connectivity index (χ4v) is 6.59. The van der Waals surface area contributed by atoms with E-state index in [1.54, 1.807) is 34.5 Å². The third kappa shape index (κ3) is 5.98. The highest BCUT2D eigenvalue weighted by Crippen LogP contribution is 2.40. The number of nitrogens with two attached hydrogens (primary N) is 2. The van der Waals surface area contributed by atoms with Gasteiger partial charge in [0.05, 0.1) is 5.69 Å². The maximum absolute atomic E-state index is 13.3. The maximum Gasteiger partial charge on any atom is 0.352 e. The number of carbonyl (C=O) groups is 4. The minimum Gasteiger partial charge on any atom is -0.477 e. The highest BCUT2D eigenvalue weighted by molar-refractivity contribution is 8.00. The van der Waals surface area contributed by atoms with Gasteiger partial charge in [-0.1, -0.05) is 5.16 Å². The number of nitrogens with one attached hydrogen (secondary N) is 2. The van der Waals surface area contributed by atoms with Crippen LogP contribution in [0.2, 0.25) is 0 Å². The fourth-order valence-electron chi connectivity index (χ4n) is 4.16. The van der Waals surface area contributed by atoms with Crippen LogP contribution in [0.4, 0.5) is 16.0 Å². The van der Waals surface area contributed by atoms with Crippen molar-refractivity contribution in [2.45, 2.75) is 24.6 Å². The largest absolute Gasteiger partial charge is 0.477 e. The molecule has 5 rings (SSSR count). The summed E-state index contributed by atoms with van der Waals surface area (Å²) in [6.07, 6.45) is 3.91. The van der Waals surface area contributed by atoms with Crippen LogP contribution in [0, 0.1) is 0 Å². The van der Waals surface area contributed by atoms with Gasteiger partial charge >= 0.3 is 5.97 Å². The van der Waals surface area contributed by atoms with Gasteiger partial charge < -0.3 is 32.0 Å². The highest BCUT2D eigenvalue weighted by Gasteiger charge is 2.54. The number of pyridine rings is 1. The second-order valence-electron chi connectivity index (χ2n) is 8.61.